The van der Waals surface area contributed by atoms with Crippen LogP contribution < -0.4 is 10.2 Å². The summed E-state index contributed by atoms with van der Waals surface area (Å²) in [5.41, 5.74) is 1.58. The highest BCUT2D eigenvalue weighted by molar-refractivity contribution is 6.30. The third-order valence-electron chi connectivity index (χ3n) is 4.29. The fourth-order valence-electron chi connectivity index (χ4n) is 2.97. The number of halogens is 1. The number of rotatable bonds is 7. The first-order valence-corrected chi connectivity index (χ1v) is 9.31. The lowest BCUT2D eigenvalue weighted by Gasteiger charge is -2.25. The third kappa shape index (κ3) is 5.24. The van der Waals surface area contributed by atoms with Crippen molar-refractivity contribution in [3.63, 3.8) is 0 Å². The van der Waals surface area contributed by atoms with Crippen LogP contribution in [0.4, 0.5) is 5.69 Å². The van der Waals surface area contributed by atoms with Crippen molar-refractivity contribution in [2.24, 2.45) is 0 Å². The molecule has 1 atom stereocenters. The highest BCUT2D eigenvalue weighted by Gasteiger charge is 2.23. The molecular formula is C22H21ClN2O3. The molecule has 0 saturated heterocycles. The van der Waals surface area contributed by atoms with E-state index in [-0.39, 0.29) is 18.2 Å². The van der Waals surface area contributed by atoms with Crippen molar-refractivity contribution in [3.8, 4) is 0 Å². The molecule has 1 N–H and O–H groups in total. The minimum atomic E-state index is -0.454. The summed E-state index contributed by atoms with van der Waals surface area (Å²) < 4.78 is 5.42. The molecule has 5 nitrogen and oxygen atoms in total. The second kappa shape index (κ2) is 9.24. The molecule has 0 spiro atoms. The first-order valence-electron chi connectivity index (χ1n) is 8.93. The van der Waals surface area contributed by atoms with Crippen molar-refractivity contribution in [2.45, 2.75) is 25.9 Å². The zero-order valence-corrected chi connectivity index (χ0v) is 16.2. The van der Waals surface area contributed by atoms with E-state index in [1.165, 1.54) is 6.92 Å². The number of nitrogens with zero attached hydrogens (tertiary/aromatic N) is 1. The largest absolute Gasteiger partial charge is 0.467 e. The van der Waals surface area contributed by atoms with E-state index < -0.39 is 6.04 Å². The zero-order chi connectivity index (χ0) is 19.9. The quantitative estimate of drug-likeness (QED) is 0.627. The summed E-state index contributed by atoms with van der Waals surface area (Å²) >= 11 is 5.96. The van der Waals surface area contributed by atoms with Crippen LogP contribution in [0.25, 0.3) is 0 Å². The molecule has 0 fully saturated rings. The van der Waals surface area contributed by atoms with E-state index in [1.54, 1.807) is 29.4 Å². The average molecular weight is 397 g/mol. The summed E-state index contributed by atoms with van der Waals surface area (Å²) in [6.07, 6.45) is 1.69. The van der Waals surface area contributed by atoms with Crippen LogP contribution in [0.1, 0.15) is 30.7 Å². The van der Waals surface area contributed by atoms with Gasteiger partial charge in [-0.25, -0.2) is 0 Å². The number of para-hydroxylation sites is 1. The topological polar surface area (TPSA) is 62.6 Å². The second-order valence-corrected chi connectivity index (χ2v) is 6.84. The van der Waals surface area contributed by atoms with E-state index in [0.717, 1.165) is 11.3 Å². The number of hydrogen-bond acceptors (Lipinski definition) is 3. The van der Waals surface area contributed by atoms with E-state index in [1.807, 2.05) is 48.5 Å². The smallest absolute Gasteiger partial charge is 0.229 e. The number of anilines is 1. The van der Waals surface area contributed by atoms with Gasteiger partial charge in [0.05, 0.1) is 25.3 Å². The molecule has 2 aromatic carbocycles. The molecule has 1 aromatic heterocycles. The Kier molecular flexibility index (Phi) is 6.50. The monoisotopic (exact) mass is 396 g/mol. The van der Waals surface area contributed by atoms with Gasteiger partial charge in [0.15, 0.2) is 0 Å². The van der Waals surface area contributed by atoms with Crippen LogP contribution in [0.3, 0.4) is 0 Å². The summed E-state index contributed by atoms with van der Waals surface area (Å²) in [5.74, 6) is 0.348. The van der Waals surface area contributed by atoms with Gasteiger partial charge in [0.1, 0.15) is 5.76 Å². The summed E-state index contributed by atoms with van der Waals surface area (Å²) in [5, 5.41) is 3.46. The number of nitrogens with one attached hydrogen (secondary N) is 1. The SMILES string of the molecule is CC(=O)NC(CC(=O)N(Cc1ccco1)c1ccccc1)c1ccc(Cl)cc1. The Bertz CT molecular complexity index is 909. The fourth-order valence-corrected chi connectivity index (χ4v) is 3.09. The number of carbonyl (C=O) groups is 2. The van der Waals surface area contributed by atoms with Gasteiger partial charge in [-0.3, -0.25) is 9.59 Å². The Labute approximate surface area is 168 Å². The molecule has 0 aliphatic heterocycles. The Morgan fingerprint density at radius 3 is 2.36 bits per heavy atom. The van der Waals surface area contributed by atoms with Crippen LogP contribution in [-0.2, 0) is 16.1 Å². The van der Waals surface area contributed by atoms with Gasteiger partial charge in [-0.1, -0.05) is 41.9 Å². The summed E-state index contributed by atoms with van der Waals surface area (Å²) in [4.78, 5) is 26.6. The number of carbonyl (C=O) groups excluding carboxylic acids is 2. The third-order valence-corrected chi connectivity index (χ3v) is 4.54. The minimum absolute atomic E-state index is 0.108. The average Bonchev–Trinajstić information content (AvgIpc) is 3.20. The predicted molar refractivity (Wildman–Crippen MR) is 109 cm³/mol. The minimum Gasteiger partial charge on any atom is -0.467 e. The Morgan fingerprint density at radius 1 is 1.04 bits per heavy atom. The van der Waals surface area contributed by atoms with Gasteiger partial charge in [-0.2, -0.15) is 0 Å². The first kappa shape index (κ1) is 19.7. The predicted octanol–water partition coefficient (Wildman–Crippen LogP) is 4.73. The number of benzene rings is 2. The molecule has 0 aliphatic carbocycles. The normalized spacial score (nSPS) is 11.6. The number of furan rings is 1. The molecule has 3 rings (SSSR count). The molecule has 144 valence electrons. The van der Waals surface area contributed by atoms with Crippen molar-refractivity contribution in [3.05, 3.63) is 89.3 Å². The second-order valence-electron chi connectivity index (χ2n) is 6.40. The fraction of sp³-hybridized carbons (Fsp3) is 0.182. The molecule has 6 heteroatoms. The van der Waals surface area contributed by atoms with Gasteiger partial charge in [0.2, 0.25) is 11.8 Å². The molecule has 28 heavy (non-hydrogen) atoms. The standard InChI is InChI=1S/C22H21ClN2O3/c1-16(26)24-21(17-9-11-18(23)12-10-17)14-22(27)25(15-20-8-5-13-28-20)19-6-3-2-4-7-19/h2-13,21H,14-15H2,1H3,(H,24,26). The van der Waals surface area contributed by atoms with Crippen molar-refractivity contribution in [1.82, 2.24) is 5.32 Å². The van der Waals surface area contributed by atoms with Crippen LogP contribution >= 0.6 is 11.6 Å². The van der Waals surface area contributed by atoms with Crippen LogP contribution in [0.2, 0.25) is 5.02 Å². The highest BCUT2D eigenvalue weighted by Crippen LogP contribution is 2.24. The lowest BCUT2D eigenvalue weighted by Crippen LogP contribution is -2.35. The summed E-state index contributed by atoms with van der Waals surface area (Å²) in [6.45, 7) is 1.74. The lowest BCUT2D eigenvalue weighted by atomic mass is 10.0. The lowest BCUT2D eigenvalue weighted by molar-refractivity contribution is -0.121. The van der Waals surface area contributed by atoms with Crippen molar-refractivity contribution >= 4 is 29.1 Å². The van der Waals surface area contributed by atoms with Gasteiger partial charge >= 0.3 is 0 Å². The first-order chi connectivity index (χ1) is 13.5. The molecule has 0 aliphatic rings. The van der Waals surface area contributed by atoms with Crippen molar-refractivity contribution in [1.29, 1.82) is 0 Å². The van der Waals surface area contributed by atoms with Gasteiger partial charge in [-0.15, -0.1) is 0 Å². The Morgan fingerprint density at radius 2 is 1.75 bits per heavy atom. The van der Waals surface area contributed by atoms with E-state index in [4.69, 9.17) is 16.0 Å². The van der Waals surface area contributed by atoms with Crippen LogP contribution in [0.15, 0.2) is 77.4 Å². The van der Waals surface area contributed by atoms with Crippen molar-refractivity contribution in [2.75, 3.05) is 4.90 Å². The van der Waals surface area contributed by atoms with Gasteiger partial charge in [0, 0.05) is 17.6 Å². The molecule has 1 heterocycles. The maximum Gasteiger partial charge on any atom is 0.229 e. The number of hydrogen-bond donors (Lipinski definition) is 1. The molecule has 2 amide bonds. The van der Waals surface area contributed by atoms with E-state index in [2.05, 4.69) is 5.32 Å². The molecule has 0 saturated carbocycles. The van der Waals surface area contributed by atoms with Crippen LogP contribution in [-0.4, -0.2) is 11.8 Å². The molecule has 1 unspecified atom stereocenters. The Balaban J connectivity index is 1.85. The Hall–Kier alpha value is -3.05. The maximum absolute atomic E-state index is 13.2. The van der Waals surface area contributed by atoms with Gasteiger partial charge in [0.25, 0.3) is 0 Å². The van der Waals surface area contributed by atoms with E-state index >= 15 is 0 Å². The molecule has 3 aromatic rings. The van der Waals surface area contributed by atoms with E-state index in [0.29, 0.717) is 17.3 Å². The van der Waals surface area contributed by atoms with Gasteiger partial charge in [-0.05, 0) is 42.0 Å². The van der Waals surface area contributed by atoms with Crippen LogP contribution in [0, 0.1) is 0 Å². The van der Waals surface area contributed by atoms with Crippen molar-refractivity contribution < 1.29 is 14.0 Å². The maximum atomic E-state index is 13.2. The van der Waals surface area contributed by atoms with Gasteiger partial charge < -0.3 is 14.6 Å². The highest BCUT2D eigenvalue weighted by atomic mass is 35.5. The molecule has 0 radical (unpaired) electrons. The van der Waals surface area contributed by atoms with E-state index in [9.17, 15) is 9.59 Å². The van der Waals surface area contributed by atoms with Crippen LogP contribution in [0.5, 0.6) is 0 Å². The number of amides is 2. The molecule has 0 bridgehead atoms. The zero-order valence-electron chi connectivity index (χ0n) is 15.5. The molecular weight excluding hydrogens is 376 g/mol. The summed E-state index contributed by atoms with van der Waals surface area (Å²) in [7, 11) is 0. The summed E-state index contributed by atoms with van der Waals surface area (Å²) in [6, 6.07) is 19.7.